The van der Waals surface area contributed by atoms with E-state index in [-0.39, 0.29) is 29.5 Å². The maximum atomic E-state index is 13.0. The van der Waals surface area contributed by atoms with Crippen LogP contribution >= 0.6 is 0 Å². The first-order valence-corrected chi connectivity index (χ1v) is 15.0. The second kappa shape index (κ2) is 11.1. The van der Waals surface area contributed by atoms with Crippen LogP contribution < -0.4 is 11.0 Å². The smallest absolute Gasteiger partial charge is 0.295 e. The monoisotopic (exact) mass is 553 g/mol. The number of aryl methyl sites for hydroxylation is 2. The number of rotatable bonds is 8. The molecule has 2 amide bonds. The molecule has 1 saturated heterocycles. The summed E-state index contributed by atoms with van der Waals surface area (Å²) in [7, 11) is -2.02. The fourth-order valence-electron chi connectivity index (χ4n) is 5.92. The second-order valence-electron chi connectivity index (χ2n) is 11.0. The van der Waals surface area contributed by atoms with Crippen molar-refractivity contribution in [3.8, 4) is 0 Å². The van der Waals surface area contributed by atoms with Crippen LogP contribution in [0.2, 0.25) is 0 Å². The third kappa shape index (κ3) is 5.86. The Balaban J connectivity index is 1.16. The average molecular weight is 554 g/mol. The van der Waals surface area contributed by atoms with Crippen molar-refractivity contribution in [2.45, 2.75) is 69.2 Å². The van der Waals surface area contributed by atoms with Crippen LogP contribution in [0.3, 0.4) is 0 Å². The third-order valence-corrected chi connectivity index (χ3v) is 9.57. The number of hydrogen-bond donors (Lipinski definition) is 1. The van der Waals surface area contributed by atoms with Gasteiger partial charge in [0.1, 0.15) is 6.04 Å². The van der Waals surface area contributed by atoms with E-state index in [1.54, 1.807) is 35.9 Å². The number of piperidine rings is 1. The first kappa shape index (κ1) is 27.3. The number of hydrogen-bond acceptors (Lipinski definition) is 6. The summed E-state index contributed by atoms with van der Waals surface area (Å²) >= 11 is 0. The van der Waals surface area contributed by atoms with Gasteiger partial charge in [0.05, 0.1) is 22.5 Å². The summed E-state index contributed by atoms with van der Waals surface area (Å²) in [6.45, 7) is 2.11. The van der Waals surface area contributed by atoms with E-state index < -0.39 is 22.1 Å². The Morgan fingerprint density at radius 2 is 1.62 bits per heavy atom. The van der Waals surface area contributed by atoms with Gasteiger partial charge in [0.25, 0.3) is 10.1 Å². The molecule has 1 saturated carbocycles. The summed E-state index contributed by atoms with van der Waals surface area (Å²) in [6, 6.07) is 12.0. The van der Waals surface area contributed by atoms with Gasteiger partial charge in [-0.3, -0.25) is 28.2 Å². The lowest BCUT2D eigenvalue weighted by molar-refractivity contribution is -0.135. The highest BCUT2D eigenvalue weighted by molar-refractivity contribution is 7.86. The summed E-state index contributed by atoms with van der Waals surface area (Å²) < 4.78 is 33.2. The van der Waals surface area contributed by atoms with Crippen molar-refractivity contribution in [3.63, 3.8) is 0 Å². The zero-order valence-electron chi connectivity index (χ0n) is 22.4. The highest BCUT2D eigenvalue weighted by Crippen LogP contribution is 2.34. The molecule has 0 bridgehead atoms. The quantitative estimate of drug-likeness (QED) is 0.335. The second-order valence-corrected chi connectivity index (χ2v) is 12.6. The summed E-state index contributed by atoms with van der Waals surface area (Å²) in [4.78, 5) is 37.2. The Kier molecular flexibility index (Phi) is 7.77. The number of nitrogens with one attached hydrogen (secondary N) is 1. The largest absolute Gasteiger partial charge is 0.329 e. The molecule has 1 atom stereocenters. The fourth-order valence-corrected chi connectivity index (χ4v) is 6.84. The topological polar surface area (TPSA) is 116 Å². The van der Waals surface area contributed by atoms with Gasteiger partial charge in [0, 0.05) is 13.5 Å². The Bertz CT molecular complexity index is 1550. The molecule has 1 aliphatic heterocycles. The Morgan fingerprint density at radius 1 is 0.923 bits per heavy atom. The predicted molar refractivity (Wildman–Crippen MR) is 147 cm³/mol. The number of carbonyl (C=O) groups excluding carboxylic acids is 2. The van der Waals surface area contributed by atoms with Crippen LogP contribution in [-0.4, -0.2) is 36.0 Å². The first-order chi connectivity index (χ1) is 18.6. The van der Waals surface area contributed by atoms with Gasteiger partial charge in [-0.25, -0.2) is 4.79 Å². The number of amides is 2. The standard InChI is InChI=1S/C29H35N3O6S/c1-19-3-10-23(11-4-19)39(36,37)38-16-15-20-5-7-21(8-6-20)17-22-9-12-24-26(18-22)31(2)29(35)32(24)25-13-14-27(33)30-28(25)34/h3-4,9-12,18,20-21,25H,5-8,13-17H2,1-2H3,(H,30,33,34). The van der Waals surface area contributed by atoms with Crippen LogP contribution in [0.1, 0.15) is 62.1 Å². The molecule has 208 valence electrons. The SMILES string of the molecule is Cc1ccc(S(=O)(=O)OCCC2CCC(Cc3ccc4c(c3)n(C)c(=O)n4C3CCC(=O)NC3=O)CC2)cc1. The summed E-state index contributed by atoms with van der Waals surface area (Å²) in [6.07, 6.45) is 6.34. The molecular formula is C29H35N3O6S. The summed E-state index contributed by atoms with van der Waals surface area (Å²) in [5.41, 5.74) is 3.37. The van der Waals surface area contributed by atoms with Gasteiger partial charge >= 0.3 is 5.69 Å². The van der Waals surface area contributed by atoms with E-state index in [9.17, 15) is 22.8 Å². The number of imidazole rings is 1. The van der Waals surface area contributed by atoms with Gasteiger partial charge in [-0.15, -0.1) is 0 Å². The van der Waals surface area contributed by atoms with E-state index in [0.717, 1.165) is 55.2 Å². The van der Waals surface area contributed by atoms with E-state index in [4.69, 9.17) is 4.18 Å². The molecule has 1 aromatic heterocycles. The van der Waals surface area contributed by atoms with E-state index in [1.807, 2.05) is 25.1 Å². The minimum absolute atomic E-state index is 0.193. The Labute approximate surface area is 228 Å². The van der Waals surface area contributed by atoms with Gasteiger partial charge < -0.3 is 0 Å². The minimum atomic E-state index is -3.73. The summed E-state index contributed by atoms with van der Waals surface area (Å²) in [5, 5.41) is 2.34. The van der Waals surface area contributed by atoms with Crippen molar-refractivity contribution in [2.24, 2.45) is 18.9 Å². The normalized spacial score (nSPS) is 22.3. The van der Waals surface area contributed by atoms with E-state index in [2.05, 4.69) is 5.32 Å². The number of benzene rings is 2. The molecule has 3 aromatic rings. The highest BCUT2D eigenvalue weighted by Gasteiger charge is 2.31. The average Bonchev–Trinajstić information content (AvgIpc) is 3.15. The van der Waals surface area contributed by atoms with Gasteiger partial charge in [0.15, 0.2) is 0 Å². The lowest BCUT2D eigenvalue weighted by atomic mass is 9.78. The van der Waals surface area contributed by atoms with Crippen molar-refractivity contribution in [1.29, 1.82) is 0 Å². The van der Waals surface area contributed by atoms with Crippen molar-refractivity contribution >= 4 is 33.0 Å². The molecule has 9 nitrogen and oxygen atoms in total. The Hall–Kier alpha value is -3.24. The maximum absolute atomic E-state index is 13.0. The number of nitrogens with zero attached hydrogens (tertiary/aromatic N) is 2. The molecule has 1 aliphatic carbocycles. The molecule has 1 unspecified atom stereocenters. The summed E-state index contributed by atoms with van der Waals surface area (Å²) in [5.74, 6) is 0.228. The van der Waals surface area contributed by atoms with Crippen molar-refractivity contribution in [2.75, 3.05) is 6.61 Å². The van der Waals surface area contributed by atoms with Crippen molar-refractivity contribution in [3.05, 3.63) is 64.1 Å². The van der Waals surface area contributed by atoms with Crippen LogP contribution in [0.15, 0.2) is 52.2 Å². The van der Waals surface area contributed by atoms with E-state index in [1.165, 1.54) is 4.57 Å². The lowest BCUT2D eigenvalue weighted by Crippen LogP contribution is -2.44. The zero-order valence-corrected chi connectivity index (χ0v) is 23.2. The van der Waals surface area contributed by atoms with Crippen LogP contribution in [0, 0.1) is 18.8 Å². The number of carbonyl (C=O) groups is 2. The molecule has 2 fully saturated rings. The lowest BCUT2D eigenvalue weighted by Gasteiger charge is -2.28. The predicted octanol–water partition coefficient (Wildman–Crippen LogP) is 3.77. The molecule has 2 aromatic carbocycles. The fraction of sp³-hybridized carbons (Fsp3) is 0.483. The highest BCUT2D eigenvalue weighted by atomic mass is 32.2. The minimum Gasteiger partial charge on any atom is -0.295 e. The molecule has 0 radical (unpaired) electrons. The molecule has 0 spiro atoms. The zero-order chi connectivity index (χ0) is 27.7. The molecule has 2 aliphatic rings. The molecule has 1 N–H and O–H groups in total. The number of aromatic nitrogens is 2. The van der Waals surface area contributed by atoms with Crippen molar-refractivity contribution in [1.82, 2.24) is 14.5 Å². The molecular weight excluding hydrogens is 518 g/mol. The maximum Gasteiger partial charge on any atom is 0.329 e. The van der Waals surface area contributed by atoms with Gasteiger partial charge in [-0.05, 0) is 80.7 Å². The van der Waals surface area contributed by atoms with Gasteiger partial charge in [-0.1, -0.05) is 36.6 Å². The third-order valence-electron chi connectivity index (χ3n) is 8.24. The first-order valence-electron chi connectivity index (χ1n) is 13.6. The van der Waals surface area contributed by atoms with Crippen LogP contribution in [0.25, 0.3) is 11.0 Å². The Morgan fingerprint density at radius 3 is 2.31 bits per heavy atom. The van der Waals surface area contributed by atoms with Gasteiger partial charge in [0.2, 0.25) is 11.8 Å². The van der Waals surface area contributed by atoms with Crippen molar-refractivity contribution < 1.29 is 22.2 Å². The molecule has 2 heterocycles. The van der Waals surface area contributed by atoms with Crippen LogP contribution in [0.4, 0.5) is 0 Å². The van der Waals surface area contributed by atoms with E-state index in [0.29, 0.717) is 23.8 Å². The number of fused-ring (bicyclic) bond motifs is 1. The number of imide groups is 1. The van der Waals surface area contributed by atoms with E-state index >= 15 is 0 Å². The molecule has 10 heteroatoms. The van der Waals surface area contributed by atoms with Crippen LogP contribution in [0.5, 0.6) is 0 Å². The molecule has 5 rings (SSSR count). The van der Waals surface area contributed by atoms with Crippen LogP contribution in [-0.2, 0) is 37.4 Å². The molecule has 39 heavy (non-hydrogen) atoms. The van der Waals surface area contributed by atoms with Gasteiger partial charge in [-0.2, -0.15) is 8.42 Å².